The normalized spacial score (nSPS) is 23.8. The summed E-state index contributed by atoms with van der Waals surface area (Å²) >= 11 is 0. The Morgan fingerprint density at radius 1 is 1.29 bits per heavy atom. The molecule has 1 atom stereocenters. The molecule has 1 unspecified atom stereocenters. The van der Waals surface area contributed by atoms with Gasteiger partial charge in [-0.25, -0.2) is 4.79 Å². The molecule has 0 bridgehead atoms. The Hall–Kier alpha value is -0.650. The molecule has 0 amide bonds. The van der Waals surface area contributed by atoms with Crippen LogP contribution in [0.2, 0.25) is 0 Å². The maximum absolute atomic E-state index is 12.5. The molecule has 1 saturated carbocycles. The largest absolute Gasteiger partial charge is 0.465 e. The van der Waals surface area contributed by atoms with Gasteiger partial charge in [0.25, 0.3) is 0 Å². The zero-order valence-corrected chi connectivity index (χ0v) is 13.7. The lowest BCUT2D eigenvalue weighted by molar-refractivity contribution is -0.153. The van der Waals surface area contributed by atoms with Crippen LogP contribution in [0.3, 0.4) is 0 Å². The molecule has 0 aromatic carbocycles. The quantitative estimate of drug-likeness (QED) is 0.684. The summed E-state index contributed by atoms with van der Waals surface area (Å²) in [7, 11) is 3.67. The number of ether oxygens (including phenoxy) is 2. The number of hydrogen-bond acceptors (Lipinski definition) is 5. The van der Waals surface area contributed by atoms with Crippen LogP contribution >= 0.6 is 0 Å². The summed E-state index contributed by atoms with van der Waals surface area (Å²) in [6, 6.07) is 0. The van der Waals surface area contributed by atoms with Crippen LogP contribution < -0.4 is 5.32 Å². The number of likely N-dealkylation sites (tertiary alicyclic amines) is 1. The highest BCUT2D eigenvalue weighted by atomic mass is 16.5. The van der Waals surface area contributed by atoms with Gasteiger partial charge in [-0.1, -0.05) is 0 Å². The summed E-state index contributed by atoms with van der Waals surface area (Å²) in [6.07, 6.45) is 4.56. The van der Waals surface area contributed by atoms with Crippen LogP contribution in [0.4, 0.5) is 0 Å². The maximum Gasteiger partial charge on any atom is 0.327 e. The highest BCUT2D eigenvalue weighted by molar-refractivity contribution is 5.82. The van der Waals surface area contributed by atoms with Crippen molar-refractivity contribution in [1.29, 1.82) is 0 Å². The van der Waals surface area contributed by atoms with Crippen LogP contribution in [0.5, 0.6) is 0 Å². The molecule has 2 aliphatic rings. The van der Waals surface area contributed by atoms with Gasteiger partial charge < -0.3 is 19.7 Å². The highest BCUT2D eigenvalue weighted by Gasteiger charge is 2.52. The second-order valence-corrected chi connectivity index (χ2v) is 6.39. The first-order valence-corrected chi connectivity index (χ1v) is 8.23. The Labute approximate surface area is 128 Å². The molecular weight excluding hydrogens is 268 g/mol. The number of rotatable bonds is 8. The van der Waals surface area contributed by atoms with E-state index in [0.717, 1.165) is 51.9 Å². The van der Waals surface area contributed by atoms with Gasteiger partial charge in [-0.15, -0.1) is 0 Å². The van der Waals surface area contributed by atoms with Crippen molar-refractivity contribution in [3.05, 3.63) is 0 Å². The molecule has 1 heterocycles. The molecule has 2 rings (SSSR count). The van der Waals surface area contributed by atoms with Crippen molar-refractivity contribution in [2.75, 3.05) is 47.0 Å². The summed E-state index contributed by atoms with van der Waals surface area (Å²) in [6.45, 7) is 6.04. The van der Waals surface area contributed by atoms with Crippen LogP contribution in [0.15, 0.2) is 0 Å². The fourth-order valence-electron chi connectivity index (χ4n) is 3.48. The van der Waals surface area contributed by atoms with E-state index in [1.165, 1.54) is 0 Å². The van der Waals surface area contributed by atoms with Gasteiger partial charge in [0, 0.05) is 20.3 Å². The summed E-state index contributed by atoms with van der Waals surface area (Å²) in [5.74, 6) is 1.02. The molecule has 122 valence electrons. The molecule has 2 fully saturated rings. The van der Waals surface area contributed by atoms with E-state index in [1.54, 1.807) is 7.11 Å². The van der Waals surface area contributed by atoms with Crippen molar-refractivity contribution in [2.45, 2.75) is 38.1 Å². The van der Waals surface area contributed by atoms with Gasteiger partial charge >= 0.3 is 5.97 Å². The Morgan fingerprint density at radius 2 is 1.95 bits per heavy atom. The molecule has 1 aliphatic heterocycles. The number of likely N-dealkylation sites (N-methyl/N-ethyl adjacent to an activating group) is 1. The predicted molar refractivity (Wildman–Crippen MR) is 82.2 cm³/mol. The molecular formula is C16H30N2O3. The molecule has 0 aromatic rings. The van der Waals surface area contributed by atoms with Gasteiger partial charge in [0.2, 0.25) is 0 Å². The number of nitrogens with zero attached hydrogens (tertiary/aromatic N) is 1. The zero-order chi connectivity index (χ0) is 15.3. The van der Waals surface area contributed by atoms with Gasteiger partial charge in [0.1, 0.15) is 5.54 Å². The molecule has 21 heavy (non-hydrogen) atoms. The Morgan fingerprint density at radius 3 is 2.43 bits per heavy atom. The molecule has 0 radical (unpaired) electrons. The number of esters is 1. The molecule has 0 aromatic heterocycles. The summed E-state index contributed by atoms with van der Waals surface area (Å²) in [5.41, 5.74) is -0.510. The first kappa shape index (κ1) is 16.7. The lowest BCUT2D eigenvalue weighted by Gasteiger charge is -2.39. The lowest BCUT2D eigenvalue weighted by Crippen LogP contribution is -2.61. The molecule has 5 nitrogen and oxygen atoms in total. The summed E-state index contributed by atoms with van der Waals surface area (Å²) < 4.78 is 10.6. The molecule has 0 spiro atoms. The van der Waals surface area contributed by atoms with Crippen LogP contribution in [-0.4, -0.2) is 63.4 Å². The number of carbonyl (C=O) groups excluding carboxylic acids is 1. The van der Waals surface area contributed by atoms with Gasteiger partial charge in [0.15, 0.2) is 0 Å². The topological polar surface area (TPSA) is 50.8 Å². The number of methoxy groups -OCH3 is 1. The summed E-state index contributed by atoms with van der Waals surface area (Å²) in [5, 5.41) is 3.30. The fourth-order valence-corrected chi connectivity index (χ4v) is 3.48. The third-order valence-corrected chi connectivity index (χ3v) is 4.94. The fraction of sp³-hybridized carbons (Fsp3) is 0.938. The maximum atomic E-state index is 12.5. The lowest BCUT2D eigenvalue weighted by atomic mass is 9.90. The molecule has 1 saturated heterocycles. The van der Waals surface area contributed by atoms with Crippen LogP contribution in [0.25, 0.3) is 0 Å². The van der Waals surface area contributed by atoms with Crippen LogP contribution in [0.1, 0.15) is 32.6 Å². The first-order chi connectivity index (χ1) is 10.2. The monoisotopic (exact) mass is 298 g/mol. The number of carbonyl (C=O) groups is 1. The number of hydrogen-bond donors (Lipinski definition) is 1. The zero-order valence-electron chi connectivity index (χ0n) is 13.7. The van der Waals surface area contributed by atoms with Crippen molar-refractivity contribution < 1.29 is 14.3 Å². The number of nitrogens with one attached hydrogen (secondary N) is 1. The Kier molecular flexibility index (Phi) is 6.02. The standard InChI is InChI=1S/C16H30N2O3/c1-4-21-15(19)16(17-2,14-5-6-14)12-18-9-7-13(8-10-18)11-20-3/h13-14,17H,4-12H2,1-3H3. The van der Waals surface area contributed by atoms with E-state index in [1.807, 2.05) is 14.0 Å². The molecule has 5 heteroatoms. The summed E-state index contributed by atoms with van der Waals surface area (Å²) in [4.78, 5) is 14.9. The van der Waals surface area contributed by atoms with Gasteiger partial charge in [0.05, 0.1) is 6.61 Å². The van der Waals surface area contributed by atoms with Crippen LogP contribution in [-0.2, 0) is 14.3 Å². The van der Waals surface area contributed by atoms with E-state index in [9.17, 15) is 4.79 Å². The van der Waals surface area contributed by atoms with Crippen molar-refractivity contribution in [3.63, 3.8) is 0 Å². The second kappa shape index (κ2) is 7.56. The van der Waals surface area contributed by atoms with Gasteiger partial charge in [-0.3, -0.25) is 0 Å². The highest BCUT2D eigenvalue weighted by Crippen LogP contribution is 2.41. The van der Waals surface area contributed by atoms with Crippen molar-refractivity contribution in [1.82, 2.24) is 10.2 Å². The third-order valence-electron chi connectivity index (χ3n) is 4.94. The van der Waals surface area contributed by atoms with Gasteiger partial charge in [-0.05, 0) is 64.6 Å². The second-order valence-electron chi connectivity index (χ2n) is 6.39. The minimum Gasteiger partial charge on any atom is -0.465 e. The van der Waals surface area contributed by atoms with E-state index in [4.69, 9.17) is 9.47 Å². The predicted octanol–water partition coefficient (Wildman–Crippen LogP) is 1.28. The van der Waals surface area contributed by atoms with Crippen molar-refractivity contribution in [2.24, 2.45) is 11.8 Å². The minimum atomic E-state index is -0.510. The number of piperidine rings is 1. The van der Waals surface area contributed by atoms with E-state index in [0.29, 0.717) is 18.4 Å². The SMILES string of the molecule is CCOC(=O)C(CN1CCC(COC)CC1)(NC)C1CC1. The average Bonchev–Trinajstić information content (AvgIpc) is 3.32. The first-order valence-electron chi connectivity index (χ1n) is 8.23. The van der Waals surface area contributed by atoms with Crippen LogP contribution in [0, 0.1) is 11.8 Å². The molecule has 1 aliphatic carbocycles. The van der Waals surface area contributed by atoms with Gasteiger partial charge in [-0.2, -0.15) is 0 Å². The van der Waals surface area contributed by atoms with E-state index in [2.05, 4.69) is 10.2 Å². The average molecular weight is 298 g/mol. The van der Waals surface area contributed by atoms with E-state index < -0.39 is 5.54 Å². The minimum absolute atomic E-state index is 0.0750. The molecule has 1 N–H and O–H groups in total. The third kappa shape index (κ3) is 3.96. The van der Waals surface area contributed by atoms with E-state index in [-0.39, 0.29) is 5.97 Å². The van der Waals surface area contributed by atoms with Crippen molar-refractivity contribution in [3.8, 4) is 0 Å². The Bertz CT molecular complexity index is 338. The van der Waals surface area contributed by atoms with Crippen molar-refractivity contribution >= 4 is 5.97 Å². The Balaban J connectivity index is 1.95. The van der Waals surface area contributed by atoms with E-state index >= 15 is 0 Å². The smallest absolute Gasteiger partial charge is 0.327 e.